The van der Waals surface area contributed by atoms with Crippen LogP contribution in [0, 0.1) is 5.41 Å². The summed E-state index contributed by atoms with van der Waals surface area (Å²) in [6.45, 7) is 41.2. The van der Waals surface area contributed by atoms with Crippen LogP contribution in [0.1, 0.15) is 136 Å². The molecule has 0 aromatic heterocycles. The molecule has 0 radical (unpaired) electrons. The molecule has 0 saturated heterocycles. The maximum atomic E-state index is 6.19. The van der Waals surface area contributed by atoms with Gasteiger partial charge in [0, 0.05) is 41.7 Å². The van der Waals surface area contributed by atoms with Crippen molar-refractivity contribution in [2.24, 2.45) is 39.8 Å². The van der Waals surface area contributed by atoms with E-state index < -0.39 is 0 Å². The molecule has 472 valence electrons. The van der Waals surface area contributed by atoms with Crippen LogP contribution in [0.4, 0.5) is 0 Å². The molecule has 0 spiro atoms. The third-order valence-electron chi connectivity index (χ3n) is 11.7. The largest absolute Gasteiger partial charge is 0.378 e. The monoisotopic (exact) mass is 1130 g/mol. The molecule has 15 unspecified atom stereocenters. The van der Waals surface area contributed by atoms with E-state index >= 15 is 0 Å². The van der Waals surface area contributed by atoms with E-state index in [0.29, 0.717) is 132 Å². The topological polar surface area (TPSA) is 295 Å². The normalized spacial score (nSPS) is 19.2. The van der Waals surface area contributed by atoms with Gasteiger partial charge in [0.15, 0.2) is 0 Å². The predicted molar refractivity (Wildman–Crippen MR) is 311 cm³/mol. The summed E-state index contributed by atoms with van der Waals surface area (Å²) in [5.74, 6) is 0. The maximum absolute atomic E-state index is 6.19. The molecule has 0 amide bonds. The third kappa shape index (κ3) is 49.7. The quantitative estimate of drug-likeness (QED) is 0.0479. The van der Waals surface area contributed by atoms with Crippen molar-refractivity contribution in [2.75, 3.05) is 132 Å². The minimum Gasteiger partial charge on any atom is -0.378 e. The second-order valence-electron chi connectivity index (χ2n) is 22.2. The summed E-state index contributed by atoms with van der Waals surface area (Å²) in [5.41, 5.74) is 34.3. The molecule has 21 nitrogen and oxygen atoms in total. The first kappa shape index (κ1) is 79.2. The van der Waals surface area contributed by atoms with Crippen LogP contribution in [0.3, 0.4) is 0 Å². The van der Waals surface area contributed by atoms with Crippen molar-refractivity contribution >= 4 is 0 Å². The van der Waals surface area contributed by atoms with E-state index in [1.807, 2.05) is 83.1 Å². The molecule has 0 fully saturated rings. The van der Waals surface area contributed by atoms with E-state index in [9.17, 15) is 0 Å². The van der Waals surface area contributed by atoms with Gasteiger partial charge in [-0.15, -0.1) is 0 Å². The van der Waals surface area contributed by atoms with Crippen LogP contribution >= 0.6 is 0 Å². The van der Waals surface area contributed by atoms with E-state index in [0.717, 1.165) is 25.7 Å². The van der Waals surface area contributed by atoms with Crippen molar-refractivity contribution in [1.82, 2.24) is 0 Å². The van der Waals surface area contributed by atoms with Gasteiger partial charge >= 0.3 is 0 Å². The highest BCUT2D eigenvalue weighted by molar-refractivity contribution is 4.79. The van der Waals surface area contributed by atoms with Gasteiger partial charge in [0.1, 0.15) is 6.10 Å². The molecule has 0 aromatic rings. The fourth-order valence-electron chi connectivity index (χ4n) is 6.66. The zero-order valence-electron chi connectivity index (χ0n) is 52.3. The second-order valence-corrected chi connectivity index (χ2v) is 22.2. The highest BCUT2D eigenvalue weighted by Gasteiger charge is 2.31. The lowest BCUT2D eigenvalue weighted by molar-refractivity contribution is -0.119. The zero-order valence-corrected chi connectivity index (χ0v) is 52.3. The summed E-state index contributed by atoms with van der Waals surface area (Å²) in [7, 11) is 0. The van der Waals surface area contributed by atoms with Crippen LogP contribution in [0.25, 0.3) is 0 Å². The molecule has 12 N–H and O–H groups in total. The van der Waals surface area contributed by atoms with E-state index in [-0.39, 0.29) is 103 Å². The number of nitrogens with two attached hydrogens (primary N) is 6. The Labute approximate surface area is 475 Å². The number of rotatable bonds is 54. The predicted octanol–water partition coefficient (Wildman–Crippen LogP) is 4.74. The van der Waals surface area contributed by atoms with Crippen molar-refractivity contribution in [3.8, 4) is 0 Å². The first-order valence-corrected chi connectivity index (χ1v) is 29.5. The molecule has 0 aliphatic rings. The van der Waals surface area contributed by atoms with Crippen LogP contribution in [-0.2, 0) is 71.1 Å². The zero-order chi connectivity index (χ0) is 59.3. The number of hydrogen-bond acceptors (Lipinski definition) is 21. The summed E-state index contributed by atoms with van der Waals surface area (Å²) >= 11 is 0. The summed E-state index contributed by atoms with van der Waals surface area (Å²) in [5, 5.41) is 0. The first-order valence-electron chi connectivity index (χ1n) is 29.5. The lowest BCUT2D eigenvalue weighted by Gasteiger charge is -2.33. The van der Waals surface area contributed by atoms with Gasteiger partial charge in [0.2, 0.25) is 0 Å². The smallest absolute Gasteiger partial charge is 0.104 e. The molecule has 0 aromatic carbocycles. The van der Waals surface area contributed by atoms with Gasteiger partial charge in [-0.3, -0.25) is 0 Å². The highest BCUT2D eigenvalue weighted by atomic mass is 16.6. The Morgan fingerprint density at radius 3 is 0.718 bits per heavy atom. The van der Waals surface area contributed by atoms with E-state index in [1.165, 1.54) is 0 Å². The van der Waals surface area contributed by atoms with Crippen molar-refractivity contribution in [3.05, 3.63) is 0 Å². The average Bonchev–Trinajstić information content (AvgIpc) is 3.38. The van der Waals surface area contributed by atoms with Gasteiger partial charge in [-0.1, -0.05) is 27.7 Å². The first-order chi connectivity index (χ1) is 36.9. The average molecular weight is 1130 g/mol. The summed E-state index contributed by atoms with van der Waals surface area (Å²) in [4.78, 5) is 0. The molecule has 0 heterocycles. The lowest BCUT2D eigenvalue weighted by atomic mass is 9.88. The standard InChI is InChI=1S/C33H71N3O9.C24H53N3O6/c1-11-33(21-37-15-27(5)43-18-30(8)40-12-24(2)34,22-38-16-28(6)44-19-31(9)41-13-25(3)35)23-39-17-29(7)45-20-32(10)42-14-26(4)36;1-7-21(30-10-18(4)25)13-28-15-24(33-17-23(9-3)32-12-20(6)27)16-29-14-22(8-2)31-11-19(5)26/h24-32H,11-23,34-36H2,1-10H3;18-24H,7-17,25-27H2,1-6H3. The molecule has 0 aliphatic carbocycles. The van der Waals surface area contributed by atoms with Crippen LogP contribution in [0.15, 0.2) is 0 Å². The van der Waals surface area contributed by atoms with Gasteiger partial charge in [0.25, 0.3) is 0 Å². The molecule has 0 rings (SSSR count). The van der Waals surface area contributed by atoms with Gasteiger partial charge in [-0.25, -0.2) is 0 Å². The Hall–Kier alpha value is -0.840. The summed E-state index contributed by atoms with van der Waals surface area (Å²) in [6.07, 6.45) is 2.71. The molecule has 0 aliphatic heterocycles. The fraction of sp³-hybridized carbons (Fsp3) is 1.00. The third-order valence-corrected chi connectivity index (χ3v) is 11.7. The van der Waals surface area contributed by atoms with E-state index in [2.05, 4.69) is 27.7 Å². The summed E-state index contributed by atoms with van der Waals surface area (Å²) < 4.78 is 88.9. The highest BCUT2D eigenvalue weighted by Crippen LogP contribution is 2.25. The van der Waals surface area contributed by atoms with Crippen LogP contribution in [-0.4, -0.2) is 229 Å². The minimum absolute atomic E-state index is 0.00161. The van der Waals surface area contributed by atoms with E-state index in [4.69, 9.17) is 105 Å². The second kappa shape index (κ2) is 50.7. The Kier molecular flexibility index (Phi) is 51.5. The molecule has 0 bridgehead atoms. The van der Waals surface area contributed by atoms with Crippen molar-refractivity contribution in [2.45, 2.75) is 234 Å². The molecule has 15 atom stereocenters. The number of ether oxygens (including phenoxy) is 15. The Morgan fingerprint density at radius 1 is 0.244 bits per heavy atom. The van der Waals surface area contributed by atoms with Gasteiger partial charge in [-0.05, 0) is 109 Å². The van der Waals surface area contributed by atoms with Crippen molar-refractivity contribution in [1.29, 1.82) is 0 Å². The molecule has 0 saturated carbocycles. The fourth-order valence-corrected chi connectivity index (χ4v) is 6.66. The number of hydrogen-bond donors (Lipinski definition) is 6. The van der Waals surface area contributed by atoms with Crippen LogP contribution < -0.4 is 34.4 Å². The van der Waals surface area contributed by atoms with Crippen molar-refractivity contribution < 1.29 is 71.1 Å². The Balaban J connectivity index is 0. The molecular formula is C57H124N6O15. The molecular weight excluding hydrogens is 1010 g/mol. The van der Waals surface area contributed by atoms with Crippen LogP contribution in [0.5, 0.6) is 0 Å². The summed E-state index contributed by atoms with van der Waals surface area (Å²) in [6, 6.07) is -0.0202. The lowest BCUT2D eigenvalue weighted by Crippen LogP contribution is -2.39. The molecule has 78 heavy (non-hydrogen) atoms. The minimum atomic E-state index is -0.353. The van der Waals surface area contributed by atoms with Gasteiger partial charge in [0.05, 0.1) is 187 Å². The van der Waals surface area contributed by atoms with E-state index in [1.54, 1.807) is 0 Å². The van der Waals surface area contributed by atoms with Crippen molar-refractivity contribution in [3.63, 3.8) is 0 Å². The Bertz CT molecular complexity index is 1180. The molecule has 21 heteroatoms. The van der Waals surface area contributed by atoms with Gasteiger partial charge < -0.3 is 105 Å². The maximum Gasteiger partial charge on any atom is 0.104 e. The SMILES string of the molecule is CCC(COCC(C)OCC(C)OCC(C)N)(COCC(C)OCC(C)OCC(C)N)COCC(C)OCC(C)OCC(C)N.CCC(COCC(COCC(CC)OCC(C)N)OCC(CC)OCC(C)N)OCC(C)N. The van der Waals surface area contributed by atoms with Gasteiger partial charge in [-0.2, -0.15) is 0 Å². The Morgan fingerprint density at radius 2 is 0.462 bits per heavy atom. The van der Waals surface area contributed by atoms with Crippen LogP contribution in [0.2, 0.25) is 0 Å².